The van der Waals surface area contributed by atoms with Gasteiger partial charge in [0, 0.05) is 18.4 Å². The zero-order valence-corrected chi connectivity index (χ0v) is 9.86. The quantitative estimate of drug-likeness (QED) is 0.723. The molecule has 2 nitrogen and oxygen atoms in total. The maximum atomic E-state index is 11.5. The van der Waals surface area contributed by atoms with Crippen LogP contribution in [0.5, 0.6) is 0 Å². The van der Waals surface area contributed by atoms with E-state index in [1.54, 1.807) is 0 Å². The number of hydrogen-bond acceptors (Lipinski definition) is 1. The van der Waals surface area contributed by atoms with Gasteiger partial charge in [0.1, 0.15) is 0 Å². The Morgan fingerprint density at radius 1 is 1.06 bits per heavy atom. The predicted octanol–water partition coefficient (Wildman–Crippen LogP) is 2.24. The number of rotatable bonds is 0. The minimum Gasteiger partial charge on any atom is -0.352 e. The Labute approximate surface area is 101 Å². The Morgan fingerprint density at radius 2 is 1.88 bits per heavy atom. The fraction of sp³-hybridized carbons (Fsp3) is 0.533. The van der Waals surface area contributed by atoms with Crippen LogP contribution in [0, 0.1) is 11.8 Å². The van der Waals surface area contributed by atoms with Crippen molar-refractivity contribution in [2.75, 3.05) is 0 Å². The lowest BCUT2D eigenvalue weighted by Crippen LogP contribution is -2.62. The van der Waals surface area contributed by atoms with Crippen LogP contribution >= 0.6 is 0 Å². The number of carbonyl (C=O) groups excluding carboxylic acids is 1. The largest absolute Gasteiger partial charge is 0.352 e. The molecule has 1 aliphatic heterocycles. The second kappa shape index (κ2) is 3.34. The van der Waals surface area contributed by atoms with Gasteiger partial charge in [-0.25, -0.2) is 0 Å². The standard InChI is InChI=1S/C15H17NO/c17-13-8-7-12-11-6-5-9-3-1-2-4-10(9)14(11)15(12)16-13/h1-4,11-12,14-15H,5-8H2,(H,16,17)/t11-,12+,14-,15+/m1/s1. The minimum atomic E-state index is 0.257. The van der Waals surface area contributed by atoms with Crippen molar-refractivity contribution in [3.05, 3.63) is 35.4 Å². The lowest BCUT2D eigenvalue weighted by Gasteiger charge is -2.57. The second-order valence-electron chi connectivity index (χ2n) is 5.72. The van der Waals surface area contributed by atoms with Crippen LogP contribution in [0.25, 0.3) is 0 Å². The molecule has 1 N–H and O–H groups in total. The molecule has 0 aromatic heterocycles. The van der Waals surface area contributed by atoms with E-state index in [9.17, 15) is 4.79 Å². The van der Waals surface area contributed by atoms with Crippen LogP contribution in [0.15, 0.2) is 24.3 Å². The summed E-state index contributed by atoms with van der Waals surface area (Å²) in [5.41, 5.74) is 3.01. The summed E-state index contributed by atoms with van der Waals surface area (Å²) in [7, 11) is 0. The van der Waals surface area contributed by atoms with Gasteiger partial charge < -0.3 is 5.32 Å². The number of nitrogens with one attached hydrogen (secondary N) is 1. The van der Waals surface area contributed by atoms with Crippen LogP contribution < -0.4 is 5.32 Å². The molecule has 0 radical (unpaired) electrons. The molecule has 1 aromatic rings. The first-order valence-corrected chi connectivity index (χ1v) is 6.72. The molecule has 1 saturated heterocycles. The third kappa shape index (κ3) is 1.24. The third-order valence-corrected chi connectivity index (χ3v) is 5.05. The van der Waals surface area contributed by atoms with Gasteiger partial charge in [0.2, 0.25) is 5.91 Å². The lowest BCUT2D eigenvalue weighted by molar-refractivity contribution is -0.129. The number of amides is 1. The summed E-state index contributed by atoms with van der Waals surface area (Å²) in [6.45, 7) is 0. The SMILES string of the molecule is O=C1CC[C@H]2[C@H]3CCc4ccccc4[C@H]3[C@H]2N1. The summed E-state index contributed by atoms with van der Waals surface area (Å²) >= 11 is 0. The summed E-state index contributed by atoms with van der Waals surface area (Å²) in [5, 5.41) is 3.22. The third-order valence-electron chi connectivity index (χ3n) is 5.05. The van der Waals surface area contributed by atoms with Gasteiger partial charge >= 0.3 is 0 Å². The van der Waals surface area contributed by atoms with Crippen LogP contribution in [-0.4, -0.2) is 11.9 Å². The van der Waals surface area contributed by atoms with Gasteiger partial charge in [-0.05, 0) is 42.2 Å². The molecule has 0 unspecified atom stereocenters. The lowest BCUT2D eigenvalue weighted by atomic mass is 9.52. The maximum Gasteiger partial charge on any atom is 0.220 e. The van der Waals surface area contributed by atoms with Gasteiger partial charge in [-0.15, -0.1) is 0 Å². The molecule has 3 aliphatic rings. The second-order valence-corrected chi connectivity index (χ2v) is 5.72. The van der Waals surface area contributed by atoms with Gasteiger partial charge in [-0.2, -0.15) is 0 Å². The molecule has 1 saturated carbocycles. The van der Waals surface area contributed by atoms with Crippen LogP contribution in [0.1, 0.15) is 36.3 Å². The van der Waals surface area contributed by atoms with Crippen molar-refractivity contribution in [3.8, 4) is 0 Å². The summed E-state index contributed by atoms with van der Waals surface area (Å²) in [5.74, 6) is 2.45. The molecular formula is C15H17NO. The van der Waals surface area contributed by atoms with Crippen molar-refractivity contribution in [2.45, 2.75) is 37.6 Å². The summed E-state index contributed by atoms with van der Waals surface area (Å²) in [6, 6.07) is 9.23. The minimum absolute atomic E-state index is 0.257. The summed E-state index contributed by atoms with van der Waals surface area (Å²) in [4.78, 5) is 11.5. The highest BCUT2D eigenvalue weighted by Gasteiger charge is 2.54. The van der Waals surface area contributed by atoms with Crippen molar-refractivity contribution in [3.63, 3.8) is 0 Å². The molecule has 0 spiro atoms. The van der Waals surface area contributed by atoms with Crippen molar-refractivity contribution in [2.24, 2.45) is 11.8 Å². The molecular weight excluding hydrogens is 210 g/mol. The average Bonchev–Trinajstić information content (AvgIpc) is 2.35. The van der Waals surface area contributed by atoms with E-state index in [0.29, 0.717) is 12.0 Å². The molecule has 4 rings (SSSR count). The number of hydrogen-bond donors (Lipinski definition) is 1. The first-order valence-electron chi connectivity index (χ1n) is 6.72. The van der Waals surface area contributed by atoms with Gasteiger partial charge in [0.25, 0.3) is 0 Å². The molecule has 2 aliphatic carbocycles. The number of fused-ring (bicyclic) bond motifs is 6. The number of benzene rings is 1. The van der Waals surface area contributed by atoms with E-state index < -0.39 is 0 Å². The summed E-state index contributed by atoms with van der Waals surface area (Å²) in [6.07, 6.45) is 4.40. The Hall–Kier alpha value is -1.31. The maximum absolute atomic E-state index is 11.5. The van der Waals surface area contributed by atoms with Crippen LogP contribution in [0.3, 0.4) is 0 Å². The van der Waals surface area contributed by atoms with E-state index in [1.165, 1.54) is 24.0 Å². The van der Waals surface area contributed by atoms with Crippen LogP contribution in [0.2, 0.25) is 0 Å². The van der Waals surface area contributed by atoms with Gasteiger partial charge in [0.05, 0.1) is 0 Å². The van der Waals surface area contributed by atoms with Crippen molar-refractivity contribution < 1.29 is 4.79 Å². The zero-order valence-electron chi connectivity index (χ0n) is 9.86. The van der Waals surface area contributed by atoms with E-state index in [1.807, 2.05) is 0 Å². The van der Waals surface area contributed by atoms with E-state index in [-0.39, 0.29) is 5.91 Å². The van der Waals surface area contributed by atoms with E-state index in [2.05, 4.69) is 29.6 Å². The normalized spacial score (nSPS) is 38.2. The fourth-order valence-corrected chi connectivity index (χ4v) is 4.29. The monoisotopic (exact) mass is 227 g/mol. The molecule has 0 bridgehead atoms. The molecule has 88 valence electrons. The smallest absolute Gasteiger partial charge is 0.220 e. The van der Waals surface area contributed by atoms with Crippen molar-refractivity contribution in [1.29, 1.82) is 0 Å². The Bertz CT molecular complexity index is 482. The van der Waals surface area contributed by atoms with Crippen LogP contribution in [0.4, 0.5) is 0 Å². The zero-order chi connectivity index (χ0) is 11.4. The highest BCUT2D eigenvalue weighted by Crippen LogP contribution is 2.55. The van der Waals surface area contributed by atoms with Crippen molar-refractivity contribution in [1.82, 2.24) is 5.32 Å². The topological polar surface area (TPSA) is 29.1 Å². The number of piperidine rings is 1. The van der Waals surface area contributed by atoms with Crippen LogP contribution in [-0.2, 0) is 11.2 Å². The molecule has 1 aromatic carbocycles. The molecule has 17 heavy (non-hydrogen) atoms. The highest BCUT2D eigenvalue weighted by molar-refractivity contribution is 5.77. The number of carbonyl (C=O) groups is 1. The van der Waals surface area contributed by atoms with E-state index in [4.69, 9.17) is 0 Å². The number of aryl methyl sites for hydroxylation is 1. The Kier molecular flexibility index (Phi) is 1.91. The molecule has 1 amide bonds. The van der Waals surface area contributed by atoms with Gasteiger partial charge in [-0.1, -0.05) is 24.3 Å². The fourth-order valence-electron chi connectivity index (χ4n) is 4.29. The van der Waals surface area contributed by atoms with E-state index in [0.717, 1.165) is 24.7 Å². The van der Waals surface area contributed by atoms with Gasteiger partial charge in [-0.3, -0.25) is 4.79 Å². The Morgan fingerprint density at radius 3 is 2.82 bits per heavy atom. The first kappa shape index (κ1) is 9.69. The average molecular weight is 227 g/mol. The van der Waals surface area contributed by atoms with Gasteiger partial charge in [0.15, 0.2) is 0 Å². The first-order chi connectivity index (χ1) is 8.34. The van der Waals surface area contributed by atoms with Crippen molar-refractivity contribution >= 4 is 5.91 Å². The molecule has 2 fully saturated rings. The highest BCUT2D eigenvalue weighted by atomic mass is 16.1. The summed E-state index contributed by atoms with van der Waals surface area (Å²) < 4.78 is 0. The molecule has 4 atom stereocenters. The molecule has 2 heteroatoms. The van der Waals surface area contributed by atoms with E-state index >= 15 is 0 Å². The molecule has 1 heterocycles. The Balaban J connectivity index is 1.72. The predicted molar refractivity (Wildman–Crippen MR) is 65.6 cm³/mol.